The van der Waals surface area contributed by atoms with E-state index in [9.17, 15) is 5.26 Å². The van der Waals surface area contributed by atoms with Crippen LogP contribution in [0.3, 0.4) is 0 Å². The third-order valence-corrected chi connectivity index (χ3v) is 3.96. The van der Waals surface area contributed by atoms with Crippen LogP contribution >= 0.6 is 0 Å². The molecule has 0 radical (unpaired) electrons. The summed E-state index contributed by atoms with van der Waals surface area (Å²) in [6.45, 7) is 2.68. The van der Waals surface area contributed by atoms with Crippen molar-refractivity contribution in [2.45, 2.75) is 25.7 Å². The molecule has 3 heteroatoms. The maximum Gasteiger partial charge on any atom is 0.121 e. The number of rotatable bonds is 7. The lowest BCUT2D eigenvalue weighted by molar-refractivity contribution is 0.305. The van der Waals surface area contributed by atoms with Gasteiger partial charge in [0.05, 0.1) is 18.6 Å². The van der Waals surface area contributed by atoms with Crippen molar-refractivity contribution >= 4 is 5.69 Å². The first-order chi connectivity index (χ1) is 11.1. The smallest absolute Gasteiger partial charge is 0.121 e. The van der Waals surface area contributed by atoms with E-state index in [1.807, 2.05) is 50.5 Å². The number of anilines is 1. The highest BCUT2D eigenvalue weighted by Crippen LogP contribution is 2.24. The molecule has 0 bridgehead atoms. The van der Waals surface area contributed by atoms with Gasteiger partial charge in [0, 0.05) is 25.8 Å². The van der Waals surface area contributed by atoms with Crippen LogP contribution in [0.2, 0.25) is 0 Å². The van der Waals surface area contributed by atoms with Crippen LogP contribution < -0.4 is 9.64 Å². The average Bonchev–Trinajstić information content (AvgIpc) is 2.56. The van der Waals surface area contributed by atoms with E-state index in [0.29, 0.717) is 6.61 Å². The van der Waals surface area contributed by atoms with Crippen molar-refractivity contribution < 1.29 is 4.74 Å². The van der Waals surface area contributed by atoms with Crippen LogP contribution in [0.1, 0.15) is 29.9 Å². The average molecular weight is 308 g/mol. The van der Waals surface area contributed by atoms with Gasteiger partial charge in [-0.1, -0.05) is 30.3 Å². The molecule has 3 nitrogen and oxygen atoms in total. The van der Waals surface area contributed by atoms with Crippen molar-refractivity contribution in [3.8, 4) is 11.8 Å². The standard InChI is InChI=1S/C20H24N2O/c1-16-8-4-5-12-20(16)17(15-21)9-7-13-23-19-11-6-10-18(14-19)22(2)3/h4-6,8,10-12,14,17H,7,9,13H2,1-3H3. The first kappa shape index (κ1) is 16.9. The summed E-state index contributed by atoms with van der Waals surface area (Å²) < 4.78 is 5.82. The summed E-state index contributed by atoms with van der Waals surface area (Å²) in [6, 6.07) is 18.6. The van der Waals surface area contributed by atoms with Gasteiger partial charge in [0.1, 0.15) is 5.75 Å². The van der Waals surface area contributed by atoms with Crippen LogP contribution in [0, 0.1) is 18.3 Å². The molecule has 120 valence electrons. The number of nitrogens with zero attached hydrogens (tertiary/aromatic N) is 2. The fraction of sp³-hybridized carbons (Fsp3) is 0.350. The van der Waals surface area contributed by atoms with Crippen LogP contribution in [-0.2, 0) is 0 Å². The van der Waals surface area contributed by atoms with Gasteiger partial charge >= 0.3 is 0 Å². The Morgan fingerprint density at radius 1 is 1.13 bits per heavy atom. The Labute approximate surface area is 139 Å². The topological polar surface area (TPSA) is 36.3 Å². The largest absolute Gasteiger partial charge is 0.494 e. The van der Waals surface area contributed by atoms with E-state index in [2.05, 4.69) is 30.0 Å². The molecule has 0 N–H and O–H groups in total. The van der Waals surface area contributed by atoms with Gasteiger partial charge in [0.15, 0.2) is 0 Å². The molecule has 0 aliphatic carbocycles. The van der Waals surface area contributed by atoms with E-state index < -0.39 is 0 Å². The van der Waals surface area contributed by atoms with Gasteiger partial charge in [-0.3, -0.25) is 0 Å². The molecule has 1 unspecified atom stereocenters. The van der Waals surface area contributed by atoms with Crippen molar-refractivity contribution in [1.29, 1.82) is 5.26 Å². The van der Waals surface area contributed by atoms with Crippen LogP contribution in [0.15, 0.2) is 48.5 Å². The highest BCUT2D eigenvalue weighted by Gasteiger charge is 2.12. The molecule has 0 heterocycles. The summed E-state index contributed by atoms with van der Waals surface area (Å²) in [6.07, 6.45) is 1.67. The van der Waals surface area contributed by atoms with Gasteiger partial charge in [-0.25, -0.2) is 0 Å². The summed E-state index contributed by atoms with van der Waals surface area (Å²) in [7, 11) is 4.03. The Kier molecular flexibility index (Phi) is 6.05. The molecule has 23 heavy (non-hydrogen) atoms. The van der Waals surface area contributed by atoms with Gasteiger partial charge < -0.3 is 9.64 Å². The number of hydrogen-bond donors (Lipinski definition) is 0. The normalized spacial score (nSPS) is 11.6. The zero-order valence-corrected chi connectivity index (χ0v) is 14.1. The Bertz CT molecular complexity index is 673. The lowest BCUT2D eigenvalue weighted by Crippen LogP contribution is -2.08. The zero-order valence-electron chi connectivity index (χ0n) is 14.1. The third kappa shape index (κ3) is 4.75. The predicted molar refractivity (Wildman–Crippen MR) is 95.0 cm³/mol. The third-order valence-electron chi connectivity index (χ3n) is 3.96. The fourth-order valence-corrected chi connectivity index (χ4v) is 2.60. The summed E-state index contributed by atoms with van der Waals surface area (Å²) in [5, 5.41) is 9.42. The molecule has 0 aliphatic rings. The summed E-state index contributed by atoms with van der Waals surface area (Å²) >= 11 is 0. The molecular weight excluding hydrogens is 284 g/mol. The van der Waals surface area contributed by atoms with Crippen molar-refractivity contribution in [3.05, 3.63) is 59.7 Å². The summed E-state index contributed by atoms with van der Waals surface area (Å²) in [5.74, 6) is 0.813. The second-order valence-corrected chi connectivity index (χ2v) is 5.92. The number of nitriles is 1. The molecule has 2 aromatic carbocycles. The molecule has 1 atom stereocenters. The van der Waals surface area contributed by atoms with E-state index in [-0.39, 0.29) is 5.92 Å². The SMILES string of the molecule is Cc1ccccc1C(C#N)CCCOc1cccc(N(C)C)c1. The van der Waals surface area contributed by atoms with Crippen molar-refractivity contribution in [1.82, 2.24) is 0 Å². The first-order valence-corrected chi connectivity index (χ1v) is 7.97. The maximum atomic E-state index is 9.42. The minimum absolute atomic E-state index is 0.0621. The second kappa shape index (κ2) is 8.24. The van der Waals surface area contributed by atoms with Gasteiger partial charge in [0.25, 0.3) is 0 Å². The van der Waals surface area contributed by atoms with E-state index >= 15 is 0 Å². The van der Waals surface area contributed by atoms with Crippen molar-refractivity contribution in [2.24, 2.45) is 0 Å². The zero-order chi connectivity index (χ0) is 16.7. The monoisotopic (exact) mass is 308 g/mol. The molecule has 0 spiro atoms. The quantitative estimate of drug-likeness (QED) is 0.705. The van der Waals surface area contributed by atoms with Crippen molar-refractivity contribution in [3.63, 3.8) is 0 Å². The van der Waals surface area contributed by atoms with Crippen LogP contribution in [0.4, 0.5) is 5.69 Å². The molecule has 0 aromatic heterocycles. The molecule has 0 fully saturated rings. The second-order valence-electron chi connectivity index (χ2n) is 5.92. The fourth-order valence-electron chi connectivity index (χ4n) is 2.60. The molecule has 0 saturated carbocycles. The Hall–Kier alpha value is -2.47. The van der Waals surface area contributed by atoms with Crippen LogP contribution in [0.25, 0.3) is 0 Å². The lowest BCUT2D eigenvalue weighted by atomic mass is 9.92. The molecule has 0 aliphatic heterocycles. The molecule has 2 rings (SSSR count). The Morgan fingerprint density at radius 3 is 2.61 bits per heavy atom. The van der Waals surface area contributed by atoms with Crippen molar-refractivity contribution in [2.75, 3.05) is 25.6 Å². The molecule has 2 aromatic rings. The van der Waals surface area contributed by atoms with Crippen LogP contribution in [0.5, 0.6) is 5.75 Å². The number of aryl methyl sites for hydroxylation is 1. The summed E-state index contributed by atoms with van der Waals surface area (Å²) in [4.78, 5) is 2.05. The van der Waals surface area contributed by atoms with Gasteiger partial charge in [-0.15, -0.1) is 0 Å². The Morgan fingerprint density at radius 2 is 1.91 bits per heavy atom. The van der Waals surface area contributed by atoms with E-state index in [1.54, 1.807) is 0 Å². The number of benzene rings is 2. The number of ether oxygens (including phenoxy) is 1. The molecule has 0 saturated heterocycles. The maximum absolute atomic E-state index is 9.42. The van der Waals surface area contributed by atoms with Gasteiger partial charge in [0.2, 0.25) is 0 Å². The van der Waals surface area contributed by atoms with Crippen LogP contribution in [-0.4, -0.2) is 20.7 Å². The van der Waals surface area contributed by atoms with E-state index in [0.717, 1.165) is 29.8 Å². The predicted octanol–water partition coefficient (Wildman–Crippen LogP) is 4.53. The number of hydrogen-bond acceptors (Lipinski definition) is 3. The first-order valence-electron chi connectivity index (χ1n) is 7.97. The molecule has 0 amide bonds. The summed E-state index contributed by atoms with van der Waals surface area (Å²) in [5.41, 5.74) is 3.43. The Balaban J connectivity index is 1.86. The highest BCUT2D eigenvalue weighted by molar-refractivity contribution is 5.49. The minimum atomic E-state index is -0.0621. The van der Waals surface area contributed by atoms with E-state index in [4.69, 9.17) is 4.74 Å². The molecular formula is C20H24N2O. The van der Waals surface area contributed by atoms with Gasteiger partial charge in [-0.05, 0) is 43.0 Å². The van der Waals surface area contributed by atoms with E-state index in [1.165, 1.54) is 5.56 Å². The lowest BCUT2D eigenvalue weighted by Gasteiger charge is -2.15. The highest BCUT2D eigenvalue weighted by atomic mass is 16.5. The minimum Gasteiger partial charge on any atom is -0.494 e. The van der Waals surface area contributed by atoms with Gasteiger partial charge in [-0.2, -0.15) is 5.26 Å².